The maximum Gasteiger partial charge on any atom is 0.224 e. The predicted octanol–water partition coefficient (Wildman–Crippen LogP) is 2.97. The van der Waals surface area contributed by atoms with Gasteiger partial charge in [0, 0.05) is 24.8 Å². The zero-order chi connectivity index (χ0) is 13.7. The van der Waals surface area contributed by atoms with Gasteiger partial charge < -0.3 is 10.2 Å². The maximum absolute atomic E-state index is 5.82. The van der Waals surface area contributed by atoms with Crippen molar-refractivity contribution in [1.29, 1.82) is 0 Å². The molecule has 2 heterocycles. The normalized spacial score (nSPS) is 18.3. The molecule has 1 atom stereocenters. The number of anilines is 1. The van der Waals surface area contributed by atoms with E-state index < -0.39 is 0 Å². The number of rotatable bonds is 5. The molecule has 1 saturated heterocycles. The molecule has 0 amide bonds. The molecule has 1 aromatic rings. The Kier molecular flexibility index (Phi) is 5.40. The summed E-state index contributed by atoms with van der Waals surface area (Å²) >= 11 is 5.82. The molecule has 1 N–H and O–H groups in total. The molecule has 1 aromatic heterocycles. The van der Waals surface area contributed by atoms with Gasteiger partial charge in [-0.1, -0.05) is 13.3 Å². The Balaban J connectivity index is 1.79. The highest BCUT2D eigenvalue weighted by atomic mass is 35.5. The average Bonchev–Trinajstić information content (AvgIpc) is 2.41. The highest BCUT2D eigenvalue weighted by Gasteiger charge is 2.13. The second-order valence-electron chi connectivity index (χ2n) is 5.52. The van der Waals surface area contributed by atoms with Gasteiger partial charge in [-0.05, 0) is 50.4 Å². The van der Waals surface area contributed by atoms with E-state index in [0.717, 1.165) is 24.5 Å². The third-order valence-electron chi connectivity index (χ3n) is 3.58. The Hall–Kier alpha value is -0.870. The number of aromatic nitrogens is 2. The van der Waals surface area contributed by atoms with Crippen molar-refractivity contribution in [3.8, 4) is 0 Å². The highest BCUT2D eigenvalue weighted by molar-refractivity contribution is 6.28. The summed E-state index contributed by atoms with van der Waals surface area (Å²) in [5.74, 6) is 1.46. The van der Waals surface area contributed by atoms with E-state index in [0.29, 0.717) is 11.2 Å². The van der Waals surface area contributed by atoms with E-state index in [2.05, 4.69) is 27.1 Å². The topological polar surface area (TPSA) is 41.1 Å². The van der Waals surface area contributed by atoms with Gasteiger partial charge in [-0.2, -0.15) is 0 Å². The van der Waals surface area contributed by atoms with Gasteiger partial charge in [-0.15, -0.1) is 0 Å². The van der Waals surface area contributed by atoms with Gasteiger partial charge in [0.15, 0.2) is 0 Å². The molecule has 1 aliphatic heterocycles. The Morgan fingerprint density at radius 1 is 1.37 bits per heavy atom. The first-order chi connectivity index (χ1) is 9.15. The van der Waals surface area contributed by atoms with Gasteiger partial charge in [0.2, 0.25) is 5.28 Å². The van der Waals surface area contributed by atoms with Gasteiger partial charge in [0.25, 0.3) is 0 Å². The molecule has 106 valence electrons. The van der Waals surface area contributed by atoms with E-state index in [-0.39, 0.29) is 0 Å². The second kappa shape index (κ2) is 7.06. The van der Waals surface area contributed by atoms with Crippen LogP contribution < -0.4 is 5.32 Å². The highest BCUT2D eigenvalue weighted by Crippen LogP contribution is 2.14. The number of likely N-dealkylation sites (tertiary alicyclic amines) is 1. The fourth-order valence-electron chi connectivity index (χ4n) is 2.52. The molecule has 5 heteroatoms. The van der Waals surface area contributed by atoms with Crippen molar-refractivity contribution in [3.63, 3.8) is 0 Å². The lowest BCUT2D eigenvalue weighted by Crippen LogP contribution is -2.35. The molecule has 2 rings (SSSR count). The first-order valence-electron chi connectivity index (χ1n) is 7.10. The predicted molar refractivity (Wildman–Crippen MR) is 79.7 cm³/mol. The number of nitrogens with one attached hydrogen (secondary N) is 1. The molecule has 4 nitrogen and oxygen atoms in total. The van der Waals surface area contributed by atoms with Crippen LogP contribution in [0.5, 0.6) is 0 Å². The first kappa shape index (κ1) is 14.5. The summed E-state index contributed by atoms with van der Waals surface area (Å²) in [5.41, 5.74) is 1.04. The smallest absolute Gasteiger partial charge is 0.224 e. The maximum atomic E-state index is 5.82. The number of hydrogen-bond donors (Lipinski definition) is 1. The number of nitrogens with zero attached hydrogens (tertiary/aromatic N) is 3. The summed E-state index contributed by atoms with van der Waals surface area (Å²) in [5, 5.41) is 3.68. The van der Waals surface area contributed by atoms with Crippen LogP contribution in [0, 0.1) is 12.8 Å². The van der Waals surface area contributed by atoms with Gasteiger partial charge in [0.1, 0.15) is 5.82 Å². The number of halogens is 1. The zero-order valence-corrected chi connectivity index (χ0v) is 12.6. The Morgan fingerprint density at radius 3 is 2.84 bits per heavy atom. The molecule has 1 fully saturated rings. The van der Waals surface area contributed by atoms with E-state index in [1.807, 2.05) is 6.92 Å². The molecule has 1 unspecified atom stereocenters. The van der Waals surface area contributed by atoms with E-state index in [4.69, 9.17) is 11.6 Å². The molecule has 1 aliphatic rings. The van der Waals surface area contributed by atoms with Crippen LogP contribution in [0.2, 0.25) is 5.28 Å². The standard InChI is InChI=1S/C14H23ClN4/c1-11(10-19-6-4-3-5-7-19)8-16-13-12(2)9-17-14(15)18-13/h9,11H,3-8,10H2,1-2H3,(H,16,17,18). The average molecular weight is 283 g/mol. The fourth-order valence-corrected chi connectivity index (χ4v) is 2.65. The third kappa shape index (κ3) is 4.62. The molecule has 0 aliphatic carbocycles. The zero-order valence-electron chi connectivity index (χ0n) is 11.8. The molecule has 0 saturated carbocycles. The fraction of sp³-hybridized carbons (Fsp3) is 0.714. The minimum Gasteiger partial charge on any atom is -0.369 e. The third-order valence-corrected chi connectivity index (χ3v) is 3.76. The van der Waals surface area contributed by atoms with Gasteiger partial charge >= 0.3 is 0 Å². The Bertz CT molecular complexity index is 404. The molecule has 0 radical (unpaired) electrons. The Morgan fingerprint density at radius 2 is 2.11 bits per heavy atom. The van der Waals surface area contributed by atoms with Crippen LogP contribution in [0.15, 0.2) is 6.20 Å². The van der Waals surface area contributed by atoms with E-state index in [1.165, 1.54) is 32.4 Å². The van der Waals surface area contributed by atoms with Crippen molar-refractivity contribution in [1.82, 2.24) is 14.9 Å². The summed E-state index contributed by atoms with van der Waals surface area (Å²) < 4.78 is 0. The SMILES string of the molecule is Cc1cnc(Cl)nc1NCC(C)CN1CCCCC1. The molecule has 0 bridgehead atoms. The van der Waals surface area contributed by atoms with Crippen LogP contribution in [0.4, 0.5) is 5.82 Å². The summed E-state index contributed by atoms with van der Waals surface area (Å²) in [6.07, 6.45) is 5.84. The van der Waals surface area contributed by atoms with Crippen LogP contribution >= 0.6 is 11.6 Å². The molecule has 0 aromatic carbocycles. The minimum absolute atomic E-state index is 0.303. The number of hydrogen-bond acceptors (Lipinski definition) is 4. The summed E-state index contributed by atoms with van der Waals surface area (Å²) in [6, 6.07) is 0. The lowest BCUT2D eigenvalue weighted by atomic mass is 10.1. The molecular weight excluding hydrogens is 260 g/mol. The summed E-state index contributed by atoms with van der Waals surface area (Å²) in [6.45, 7) is 8.86. The quantitative estimate of drug-likeness (QED) is 0.843. The largest absolute Gasteiger partial charge is 0.369 e. The van der Waals surface area contributed by atoms with Crippen molar-refractivity contribution < 1.29 is 0 Å². The lowest BCUT2D eigenvalue weighted by molar-refractivity contribution is 0.204. The van der Waals surface area contributed by atoms with Gasteiger partial charge in [-0.25, -0.2) is 9.97 Å². The first-order valence-corrected chi connectivity index (χ1v) is 7.48. The van der Waals surface area contributed by atoms with Crippen molar-refractivity contribution in [2.45, 2.75) is 33.1 Å². The number of piperidine rings is 1. The molecule has 19 heavy (non-hydrogen) atoms. The summed E-state index contributed by atoms with van der Waals surface area (Å²) in [7, 11) is 0. The second-order valence-corrected chi connectivity index (χ2v) is 5.86. The van der Waals surface area contributed by atoms with E-state index >= 15 is 0 Å². The summed E-state index contributed by atoms with van der Waals surface area (Å²) in [4.78, 5) is 10.8. The van der Waals surface area contributed by atoms with Crippen LogP contribution in [-0.4, -0.2) is 41.0 Å². The number of aryl methyl sites for hydroxylation is 1. The lowest BCUT2D eigenvalue weighted by Gasteiger charge is -2.29. The van der Waals surface area contributed by atoms with E-state index in [1.54, 1.807) is 6.20 Å². The molecular formula is C14H23ClN4. The van der Waals surface area contributed by atoms with Crippen LogP contribution in [0.3, 0.4) is 0 Å². The van der Waals surface area contributed by atoms with Crippen molar-refractivity contribution in [3.05, 3.63) is 17.0 Å². The van der Waals surface area contributed by atoms with Gasteiger partial charge in [0.05, 0.1) is 0 Å². The van der Waals surface area contributed by atoms with E-state index in [9.17, 15) is 0 Å². The molecule has 0 spiro atoms. The van der Waals surface area contributed by atoms with Crippen LogP contribution in [-0.2, 0) is 0 Å². The minimum atomic E-state index is 0.303. The Labute approximate surface area is 120 Å². The van der Waals surface area contributed by atoms with Crippen molar-refractivity contribution in [2.24, 2.45) is 5.92 Å². The van der Waals surface area contributed by atoms with Crippen molar-refractivity contribution >= 4 is 17.4 Å². The van der Waals surface area contributed by atoms with Crippen LogP contribution in [0.25, 0.3) is 0 Å². The monoisotopic (exact) mass is 282 g/mol. The van der Waals surface area contributed by atoms with Gasteiger partial charge in [-0.3, -0.25) is 0 Å². The van der Waals surface area contributed by atoms with Crippen molar-refractivity contribution in [2.75, 3.05) is 31.5 Å². The van der Waals surface area contributed by atoms with Crippen LogP contribution in [0.1, 0.15) is 31.7 Å².